The molecule has 0 N–H and O–H groups in total. The normalized spacial score (nSPS) is 27.5. The Morgan fingerprint density at radius 2 is 2.31 bits per heavy atom. The third-order valence-corrected chi connectivity index (χ3v) is 2.54. The summed E-state index contributed by atoms with van der Waals surface area (Å²) in [5, 5.41) is 0. The highest BCUT2D eigenvalue weighted by molar-refractivity contribution is 5.76. The molecule has 2 atom stereocenters. The predicted molar refractivity (Wildman–Crippen MR) is 51.9 cm³/mol. The lowest BCUT2D eigenvalue weighted by molar-refractivity contribution is -0.138. The molecule has 0 aliphatic carbocycles. The maximum absolute atomic E-state index is 11.1. The van der Waals surface area contributed by atoms with Gasteiger partial charge in [-0.3, -0.25) is 4.79 Å². The van der Waals surface area contributed by atoms with Crippen molar-refractivity contribution in [3.8, 4) is 0 Å². The molecule has 1 saturated heterocycles. The van der Waals surface area contributed by atoms with Crippen LogP contribution in [-0.4, -0.2) is 5.97 Å². The van der Waals surface area contributed by atoms with E-state index in [4.69, 9.17) is 4.74 Å². The number of carbonyl (C=O) groups excluding carboxylic acids is 1. The van der Waals surface area contributed by atoms with E-state index in [1.54, 1.807) is 0 Å². The Kier molecular flexibility index (Phi) is 3.29. The Balaban J connectivity index is 2.44. The predicted octanol–water partition coefficient (Wildman–Crippen LogP) is 2.67. The standard InChI is InChI=1S/C11H16O2/c1-4-5-6-7-10-8(2)11(12)13-9(10)3/h4,8,10H,1,3,5-7H2,2H3/t8-,10+/m0/s1. The zero-order chi connectivity index (χ0) is 9.84. The van der Waals surface area contributed by atoms with Gasteiger partial charge in [-0.1, -0.05) is 19.6 Å². The summed E-state index contributed by atoms with van der Waals surface area (Å²) in [5.74, 6) is 0.708. The van der Waals surface area contributed by atoms with Crippen LogP contribution in [0.2, 0.25) is 0 Å². The molecule has 0 saturated carbocycles. The second-order valence-corrected chi connectivity index (χ2v) is 3.50. The van der Waals surface area contributed by atoms with Crippen molar-refractivity contribution in [3.63, 3.8) is 0 Å². The highest BCUT2D eigenvalue weighted by Gasteiger charge is 2.35. The quantitative estimate of drug-likeness (QED) is 0.377. The van der Waals surface area contributed by atoms with Crippen LogP contribution in [-0.2, 0) is 9.53 Å². The molecule has 0 bridgehead atoms. The van der Waals surface area contributed by atoms with E-state index in [9.17, 15) is 4.79 Å². The maximum atomic E-state index is 11.1. The summed E-state index contributed by atoms with van der Waals surface area (Å²) in [6.45, 7) is 9.31. The molecule has 13 heavy (non-hydrogen) atoms. The molecule has 2 heteroatoms. The number of cyclic esters (lactones) is 1. The van der Waals surface area contributed by atoms with Gasteiger partial charge in [0.1, 0.15) is 5.76 Å². The molecular weight excluding hydrogens is 164 g/mol. The van der Waals surface area contributed by atoms with Crippen molar-refractivity contribution in [2.75, 3.05) is 0 Å². The van der Waals surface area contributed by atoms with E-state index in [0.717, 1.165) is 19.3 Å². The summed E-state index contributed by atoms with van der Waals surface area (Å²) in [6.07, 6.45) is 4.90. The molecule has 1 aliphatic heterocycles. The largest absolute Gasteiger partial charge is 0.431 e. The van der Waals surface area contributed by atoms with Gasteiger partial charge in [0.05, 0.1) is 5.92 Å². The number of allylic oxidation sites excluding steroid dienone is 2. The first-order chi connectivity index (χ1) is 6.16. The maximum Gasteiger partial charge on any atom is 0.314 e. The topological polar surface area (TPSA) is 26.3 Å². The summed E-state index contributed by atoms with van der Waals surface area (Å²) in [7, 11) is 0. The lowest BCUT2D eigenvalue weighted by atomic mass is 9.90. The van der Waals surface area contributed by atoms with Crippen LogP contribution in [0.3, 0.4) is 0 Å². The molecule has 1 rings (SSSR count). The third kappa shape index (κ3) is 2.20. The van der Waals surface area contributed by atoms with E-state index in [2.05, 4.69) is 13.2 Å². The van der Waals surface area contributed by atoms with Gasteiger partial charge in [-0.05, 0) is 19.3 Å². The molecule has 0 unspecified atom stereocenters. The van der Waals surface area contributed by atoms with Gasteiger partial charge in [0.2, 0.25) is 0 Å². The van der Waals surface area contributed by atoms with Crippen LogP contribution in [0.1, 0.15) is 26.2 Å². The van der Waals surface area contributed by atoms with Crippen LogP contribution in [0.25, 0.3) is 0 Å². The number of hydrogen-bond acceptors (Lipinski definition) is 2. The number of rotatable bonds is 4. The average molecular weight is 180 g/mol. The molecule has 0 radical (unpaired) electrons. The van der Waals surface area contributed by atoms with Crippen LogP contribution >= 0.6 is 0 Å². The van der Waals surface area contributed by atoms with Crippen molar-refractivity contribution in [1.82, 2.24) is 0 Å². The number of esters is 1. The minimum atomic E-state index is -0.131. The van der Waals surface area contributed by atoms with Gasteiger partial charge in [-0.25, -0.2) is 0 Å². The first kappa shape index (κ1) is 10.0. The SMILES string of the molecule is C=CCCC[C@H]1C(=C)OC(=O)[C@H]1C. The highest BCUT2D eigenvalue weighted by atomic mass is 16.5. The fraction of sp³-hybridized carbons (Fsp3) is 0.545. The number of carbonyl (C=O) groups is 1. The summed E-state index contributed by atoms with van der Waals surface area (Å²) in [4.78, 5) is 11.1. The van der Waals surface area contributed by atoms with Gasteiger partial charge >= 0.3 is 5.97 Å². The van der Waals surface area contributed by atoms with E-state index in [-0.39, 0.29) is 17.8 Å². The van der Waals surface area contributed by atoms with E-state index < -0.39 is 0 Å². The van der Waals surface area contributed by atoms with Crippen molar-refractivity contribution in [2.45, 2.75) is 26.2 Å². The van der Waals surface area contributed by atoms with Gasteiger partial charge in [0.15, 0.2) is 0 Å². The molecule has 2 nitrogen and oxygen atoms in total. The first-order valence-electron chi connectivity index (χ1n) is 4.68. The van der Waals surface area contributed by atoms with Crippen molar-refractivity contribution < 1.29 is 9.53 Å². The Hall–Kier alpha value is -1.05. The van der Waals surface area contributed by atoms with E-state index in [0.29, 0.717) is 5.76 Å². The molecule has 0 aromatic heterocycles. The number of ether oxygens (including phenoxy) is 1. The fourth-order valence-electron chi connectivity index (χ4n) is 1.63. The zero-order valence-corrected chi connectivity index (χ0v) is 8.08. The van der Waals surface area contributed by atoms with E-state index in [1.165, 1.54) is 0 Å². The van der Waals surface area contributed by atoms with Gasteiger partial charge in [0, 0.05) is 5.92 Å². The molecule has 72 valence electrons. The summed E-state index contributed by atoms with van der Waals surface area (Å²) < 4.78 is 4.96. The van der Waals surface area contributed by atoms with E-state index >= 15 is 0 Å². The van der Waals surface area contributed by atoms with Gasteiger partial charge in [0.25, 0.3) is 0 Å². The highest BCUT2D eigenvalue weighted by Crippen LogP contribution is 2.33. The average Bonchev–Trinajstić information content (AvgIpc) is 2.32. The minimum Gasteiger partial charge on any atom is -0.431 e. The zero-order valence-electron chi connectivity index (χ0n) is 8.08. The molecule has 0 aromatic carbocycles. The summed E-state index contributed by atoms with van der Waals surface area (Å²) >= 11 is 0. The molecule has 1 aliphatic rings. The van der Waals surface area contributed by atoms with Gasteiger partial charge < -0.3 is 4.74 Å². The molecule has 1 fully saturated rings. The van der Waals surface area contributed by atoms with Crippen molar-refractivity contribution in [2.24, 2.45) is 11.8 Å². The monoisotopic (exact) mass is 180 g/mol. The van der Waals surface area contributed by atoms with Crippen molar-refractivity contribution in [3.05, 3.63) is 25.0 Å². The molecule has 0 amide bonds. The van der Waals surface area contributed by atoms with Crippen LogP contribution < -0.4 is 0 Å². The molecular formula is C11H16O2. The minimum absolute atomic E-state index is 0.0164. The summed E-state index contributed by atoms with van der Waals surface area (Å²) in [5.41, 5.74) is 0. The van der Waals surface area contributed by atoms with E-state index in [1.807, 2.05) is 13.0 Å². The molecule has 1 heterocycles. The second-order valence-electron chi connectivity index (χ2n) is 3.50. The van der Waals surface area contributed by atoms with Gasteiger partial charge in [-0.2, -0.15) is 0 Å². The Morgan fingerprint density at radius 1 is 1.62 bits per heavy atom. The smallest absolute Gasteiger partial charge is 0.314 e. The van der Waals surface area contributed by atoms with Gasteiger partial charge in [-0.15, -0.1) is 6.58 Å². The van der Waals surface area contributed by atoms with Crippen LogP contribution in [0.5, 0.6) is 0 Å². The fourth-order valence-corrected chi connectivity index (χ4v) is 1.63. The van der Waals surface area contributed by atoms with Crippen LogP contribution in [0.15, 0.2) is 25.0 Å². The van der Waals surface area contributed by atoms with Crippen LogP contribution in [0.4, 0.5) is 0 Å². The summed E-state index contributed by atoms with van der Waals surface area (Å²) in [6, 6.07) is 0. The lowest BCUT2D eigenvalue weighted by Crippen LogP contribution is -2.10. The lowest BCUT2D eigenvalue weighted by Gasteiger charge is -2.09. The second kappa shape index (κ2) is 4.26. The number of hydrogen-bond donors (Lipinski definition) is 0. The molecule has 0 aromatic rings. The Labute approximate surface area is 79.3 Å². The molecule has 0 spiro atoms. The Morgan fingerprint density at radius 3 is 2.77 bits per heavy atom. The first-order valence-corrected chi connectivity index (χ1v) is 4.68. The van der Waals surface area contributed by atoms with Crippen molar-refractivity contribution >= 4 is 5.97 Å². The van der Waals surface area contributed by atoms with Crippen LogP contribution in [0, 0.1) is 11.8 Å². The Bertz CT molecular complexity index is 230. The van der Waals surface area contributed by atoms with Crippen molar-refractivity contribution in [1.29, 1.82) is 0 Å². The third-order valence-electron chi connectivity index (χ3n) is 2.54. The number of unbranched alkanes of at least 4 members (excludes halogenated alkanes) is 1.